The Morgan fingerprint density at radius 2 is 1.89 bits per heavy atom. The van der Waals surface area contributed by atoms with Gasteiger partial charge in [0.25, 0.3) is 0 Å². The molecule has 0 unspecified atom stereocenters. The number of benzene rings is 1. The summed E-state index contributed by atoms with van der Waals surface area (Å²) in [5.41, 5.74) is 2.02. The van der Waals surface area contributed by atoms with E-state index in [1.807, 2.05) is 42.5 Å². The maximum Gasteiger partial charge on any atom is 0.331 e. The Balaban J connectivity index is 2.46. The van der Waals surface area contributed by atoms with Crippen molar-refractivity contribution >= 4 is 17.6 Å². The molecule has 0 saturated heterocycles. The summed E-state index contributed by atoms with van der Waals surface area (Å²) in [4.78, 5) is 10.9. The van der Waals surface area contributed by atoms with Crippen LogP contribution in [0.15, 0.2) is 64.8 Å². The average molecular weight is 254 g/mol. The molecule has 3 nitrogen and oxygen atoms in total. The zero-order valence-electron chi connectivity index (χ0n) is 10.5. The highest BCUT2D eigenvalue weighted by atomic mass is 16.4. The number of carbonyl (C=O) groups is 1. The summed E-state index contributed by atoms with van der Waals surface area (Å²) in [5.74, 6) is -0.241. The van der Waals surface area contributed by atoms with Crippen LogP contribution in [0.1, 0.15) is 18.2 Å². The number of aliphatic carboxylic acids is 1. The molecule has 96 valence electrons. The largest absolute Gasteiger partial charge is 0.478 e. The first-order valence-electron chi connectivity index (χ1n) is 5.89. The van der Waals surface area contributed by atoms with Crippen molar-refractivity contribution in [2.75, 3.05) is 0 Å². The number of hydrogen-bond acceptors (Lipinski definition) is 2. The molecular weight excluding hydrogens is 240 g/mol. The first-order valence-corrected chi connectivity index (χ1v) is 5.89. The fraction of sp³-hybridized carbons (Fsp3) is 0.0625. The lowest BCUT2D eigenvalue weighted by atomic mass is 10.0. The third-order valence-corrected chi connectivity index (χ3v) is 2.66. The van der Waals surface area contributed by atoms with Crippen molar-refractivity contribution in [3.05, 3.63) is 71.7 Å². The Hall–Kier alpha value is -2.55. The summed E-state index contributed by atoms with van der Waals surface area (Å²) in [6, 6.07) is 13.2. The van der Waals surface area contributed by atoms with Crippen molar-refractivity contribution in [1.82, 2.24) is 0 Å². The average Bonchev–Trinajstić information content (AvgIpc) is 2.91. The topological polar surface area (TPSA) is 50.4 Å². The molecule has 0 aliphatic heterocycles. The van der Waals surface area contributed by atoms with Gasteiger partial charge < -0.3 is 9.52 Å². The van der Waals surface area contributed by atoms with E-state index in [4.69, 9.17) is 9.52 Å². The second-order valence-corrected chi connectivity index (χ2v) is 4.11. The lowest BCUT2D eigenvalue weighted by molar-refractivity contribution is -0.132. The van der Waals surface area contributed by atoms with Crippen molar-refractivity contribution in [2.45, 2.75) is 6.92 Å². The fourth-order valence-corrected chi connectivity index (χ4v) is 1.66. The first-order chi connectivity index (χ1) is 9.16. The SMILES string of the molecule is C/C(=C\C(=C/c1ccco1)c1ccccc1)C(=O)O. The van der Waals surface area contributed by atoms with Crippen LogP contribution in [0.25, 0.3) is 11.6 Å². The maximum absolute atomic E-state index is 10.9. The van der Waals surface area contributed by atoms with Crippen LogP contribution in [-0.4, -0.2) is 11.1 Å². The zero-order valence-corrected chi connectivity index (χ0v) is 10.5. The van der Waals surface area contributed by atoms with Crippen molar-refractivity contribution in [2.24, 2.45) is 0 Å². The van der Waals surface area contributed by atoms with E-state index < -0.39 is 5.97 Å². The number of hydrogen-bond donors (Lipinski definition) is 1. The molecule has 2 rings (SSSR count). The van der Waals surface area contributed by atoms with E-state index in [1.54, 1.807) is 25.3 Å². The monoisotopic (exact) mass is 254 g/mol. The van der Waals surface area contributed by atoms with E-state index >= 15 is 0 Å². The number of furan rings is 1. The molecule has 3 heteroatoms. The van der Waals surface area contributed by atoms with Gasteiger partial charge in [-0.2, -0.15) is 0 Å². The standard InChI is InChI=1S/C16H14O3/c1-12(16(17)18)10-14(11-15-8-5-9-19-15)13-6-3-2-4-7-13/h2-11H,1H3,(H,17,18)/b12-10+,14-11+. The molecule has 0 spiro atoms. The molecule has 2 aromatic rings. The van der Waals surface area contributed by atoms with Gasteiger partial charge in [-0.25, -0.2) is 4.79 Å². The molecule has 1 N–H and O–H groups in total. The molecular formula is C16H14O3. The van der Waals surface area contributed by atoms with Gasteiger partial charge in [0.05, 0.1) is 6.26 Å². The zero-order chi connectivity index (χ0) is 13.7. The second kappa shape index (κ2) is 5.87. The molecule has 0 aliphatic carbocycles. The van der Waals surface area contributed by atoms with Crippen LogP contribution in [0.3, 0.4) is 0 Å². The van der Waals surface area contributed by atoms with Crippen molar-refractivity contribution in [3.63, 3.8) is 0 Å². The molecule has 0 amide bonds. The Kier molecular flexibility index (Phi) is 3.98. The van der Waals surface area contributed by atoms with Gasteiger partial charge >= 0.3 is 5.97 Å². The second-order valence-electron chi connectivity index (χ2n) is 4.11. The predicted octanol–water partition coefficient (Wildman–Crippen LogP) is 3.85. The van der Waals surface area contributed by atoms with E-state index in [2.05, 4.69) is 0 Å². The minimum atomic E-state index is -0.929. The third-order valence-electron chi connectivity index (χ3n) is 2.66. The van der Waals surface area contributed by atoms with Gasteiger partial charge in [0.2, 0.25) is 0 Å². The van der Waals surface area contributed by atoms with Crippen LogP contribution in [0.4, 0.5) is 0 Å². The van der Waals surface area contributed by atoms with Gasteiger partial charge in [0.15, 0.2) is 0 Å². The van der Waals surface area contributed by atoms with Gasteiger partial charge in [0.1, 0.15) is 5.76 Å². The number of carboxylic acids is 1. The molecule has 0 radical (unpaired) electrons. The smallest absolute Gasteiger partial charge is 0.331 e. The minimum absolute atomic E-state index is 0.279. The van der Waals surface area contributed by atoms with Crippen LogP contribution >= 0.6 is 0 Å². The van der Waals surface area contributed by atoms with Gasteiger partial charge in [-0.05, 0) is 42.3 Å². The minimum Gasteiger partial charge on any atom is -0.478 e. The lowest BCUT2D eigenvalue weighted by Crippen LogP contribution is -1.96. The number of carboxylic acid groups (broad SMARTS) is 1. The van der Waals surface area contributed by atoms with Crippen LogP contribution in [0.2, 0.25) is 0 Å². The predicted molar refractivity (Wildman–Crippen MR) is 74.4 cm³/mol. The molecule has 0 fully saturated rings. The summed E-state index contributed by atoms with van der Waals surface area (Å²) in [6.07, 6.45) is 5.05. The number of allylic oxidation sites excluding steroid dienone is 2. The molecule has 0 aliphatic rings. The molecule has 1 aromatic carbocycles. The highest BCUT2D eigenvalue weighted by molar-refractivity contribution is 5.94. The van der Waals surface area contributed by atoms with Crippen LogP contribution in [-0.2, 0) is 4.79 Å². The Morgan fingerprint density at radius 1 is 1.16 bits per heavy atom. The molecule has 1 aromatic heterocycles. The summed E-state index contributed by atoms with van der Waals surface area (Å²) in [5, 5.41) is 8.98. The fourth-order valence-electron chi connectivity index (χ4n) is 1.66. The normalized spacial score (nSPS) is 12.5. The van der Waals surface area contributed by atoms with E-state index in [9.17, 15) is 4.79 Å². The molecule has 0 atom stereocenters. The summed E-state index contributed by atoms with van der Waals surface area (Å²) in [6.45, 7) is 1.57. The van der Waals surface area contributed by atoms with E-state index in [0.717, 1.165) is 11.1 Å². The van der Waals surface area contributed by atoms with Crippen molar-refractivity contribution in [1.29, 1.82) is 0 Å². The summed E-state index contributed by atoms with van der Waals surface area (Å²) >= 11 is 0. The van der Waals surface area contributed by atoms with Crippen LogP contribution in [0, 0.1) is 0 Å². The van der Waals surface area contributed by atoms with Crippen molar-refractivity contribution < 1.29 is 14.3 Å². The van der Waals surface area contributed by atoms with E-state index in [1.165, 1.54) is 0 Å². The van der Waals surface area contributed by atoms with Gasteiger partial charge in [-0.3, -0.25) is 0 Å². The van der Waals surface area contributed by atoms with E-state index in [-0.39, 0.29) is 5.57 Å². The third kappa shape index (κ3) is 3.45. The Bertz CT molecular complexity index is 605. The van der Waals surface area contributed by atoms with Gasteiger partial charge in [-0.15, -0.1) is 0 Å². The Labute approximate surface area is 111 Å². The number of rotatable bonds is 4. The molecule has 19 heavy (non-hydrogen) atoms. The van der Waals surface area contributed by atoms with Crippen LogP contribution in [0.5, 0.6) is 0 Å². The summed E-state index contributed by atoms with van der Waals surface area (Å²) < 4.78 is 5.27. The quantitative estimate of drug-likeness (QED) is 0.666. The molecule has 0 saturated carbocycles. The highest BCUT2D eigenvalue weighted by Gasteiger charge is 2.05. The molecule has 0 bridgehead atoms. The highest BCUT2D eigenvalue weighted by Crippen LogP contribution is 2.21. The lowest BCUT2D eigenvalue weighted by Gasteiger charge is -2.03. The summed E-state index contributed by atoms with van der Waals surface area (Å²) in [7, 11) is 0. The maximum atomic E-state index is 10.9. The Morgan fingerprint density at radius 3 is 2.47 bits per heavy atom. The van der Waals surface area contributed by atoms with Gasteiger partial charge in [0, 0.05) is 5.57 Å². The van der Waals surface area contributed by atoms with Crippen LogP contribution < -0.4 is 0 Å². The molecule has 1 heterocycles. The van der Waals surface area contributed by atoms with Crippen molar-refractivity contribution in [3.8, 4) is 0 Å². The van der Waals surface area contributed by atoms with Gasteiger partial charge in [-0.1, -0.05) is 30.3 Å². The first kappa shape index (κ1) is 12.9. The van der Waals surface area contributed by atoms with E-state index in [0.29, 0.717) is 5.76 Å².